The SMILES string of the molecule is C[C@H](NC(=O)COC1CCCCC1NC(=O)OC(C)(C)C)C(=O)N[C@H](CCC(=O)OCc1ccccc1)C(N)=O. The van der Waals surface area contributed by atoms with Gasteiger partial charge in [0.25, 0.3) is 0 Å². The maximum atomic E-state index is 12.6. The van der Waals surface area contributed by atoms with Crippen molar-refractivity contribution in [2.45, 2.75) is 103 Å². The fraction of sp³-hybridized carbons (Fsp3) is 0.607. The van der Waals surface area contributed by atoms with Crippen LogP contribution in [0, 0.1) is 0 Å². The molecule has 4 atom stereocenters. The van der Waals surface area contributed by atoms with Crippen molar-refractivity contribution in [1.82, 2.24) is 16.0 Å². The lowest BCUT2D eigenvalue weighted by Gasteiger charge is -2.32. The van der Waals surface area contributed by atoms with Gasteiger partial charge >= 0.3 is 12.1 Å². The maximum Gasteiger partial charge on any atom is 0.407 e. The van der Waals surface area contributed by atoms with Gasteiger partial charge in [0, 0.05) is 6.42 Å². The standard InChI is InChI=1S/C28H42N4O8/c1-18(26(36)31-21(25(29)35)14-15-24(34)39-16-19-10-6-5-7-11-19)30-23(33)17-38-22-13-9-8-12-20(22)32-27(37)40-28(2,3)4/h5-7,10-11,18,20-22H,8-9,12-17H2,1-4H3,(H2,29,35)(H,30,33)(H,31,36)(H,32,37)/t18-,20?,21+,22?/m0/s1. The highest BCUT2D eigenvalue weighted by Gasteiger charge is 2.30. The minimum atomic E-state index is -1.12. The molecule has 222 valence electrons. The van der Waals surface area contributed by atoms with E-state index in [1.807, 2.05) is 30.3 Å². The fourth-order valence-electron chi connectivity index (χ4n) is 4.11. The van der Waals surface area contributed by atoms with Crippen molar-refractivity contribution in [3.63, 3.8) is 0 Å². The number of nitrogens with one attached hydrogen (secondary N) is 3. The summed E-state index contributed by atoms with van der Waals surface area (Å²) in [4.78, 5) is 61.1. The normalized spacial score (nSPS) is 18.5. The van der Waals surface area contributed by atoms with Crippen LogP contribution in [0.25, 0.3) is 0 Å². The lowest BCUT2D eigenvalue weighted by Crippen LogP contribution is -2.53. The fourth-order valence-corrected chi connectivity index (χ4v) is 4.11. The quantitative estimate of drug-likeness (QED) is 0.263. The lowest BCUT2D eigenvalue weighted by atomic mass is 9.92. The first-order valence-electron chi connectivity index (χ1n) is 13.5. The molecule has 1 aliphatic carbocycles. The molecular weight excluding hydrogens is 520 g/mol. The summed E-state index contributed by atoms with van der Waals surface area (Å²) in [6.45, 7) is 6.55. The topological polar surface area (TPSA) is 175 Å². The molecule has 1 aromatic rings. The summed E-state index contributed by atoms with van der Waals surface area (Å²) in [6.07, 6.45) is 2.06. The van der Waals surface area contributed by atoms with Gasteiger partial charge in [0.1, 0.15) is 30.9 Å². The molecule has 1 aliphatic rings. The number of nitrogens with two attached hydrogens (primary N) is 1. The Hall–Kier alpha value is -3.67. The van der Waals surface area contributed by atoms with E-state index in [1.54, 1.807) is 20.8 Å². The number of hydrogen-bond acceptors (Lipinski definition) is 8. The zero-order valence-corrected chi connectivity index (χ0v) is 23.7. The van der Waals surface area contributed by atoms with Crippen LogP contribution in [0.4, 0.5) is 4.79 Å². The molecule has 0 aromatic heterocycles. The van der Waals surface area contributed by atoms with E-state index in [9.17, 15) is 24.0 Å². The average Bonchev–Trinajstić information content (AvgIpc) is 2.88. The second-order valence-corrected chi connectivity index (χ2v) is 10.8. The predicted molar refractivity (Wildman–Crippen MR) is 146 cm³/mol. The van der Waals surface area contributed by atoms with Crippen molar-refractivity contribution >= 4 is 29.8 Å². The first kappa shape index (κ1) is 32.5. The molecule has 0 bridgehead atoms. The van der Waals surface area contributed by atoms with Crippen molar-refractivity contribution in [3.05, 3.63) is 35.9 Å². The van der Waals surface area contributed by atoms with Gasteiger partial charge in [-0.15, -0.1) is 0 Å². The van der Waals surface area contributed by atoms with Crippen LogP contribution >= 0.6 is 0 Å². The smallest absolute Gasteiger partial charge is 0.407 e. The van der Waals surface area contributed by atoms with Crippen molar-refractivity contribution in [2.24, 2.45) is 5.73 Å². The molecule has 0 spiro atoms. The predicted octanol–water partition coefficient (Wildman–Crippen LogP) is 1.84. The molecule has 0 saturated heterocycles. The van der Waals surface area contributed by atoms with Gasteiger partial charge in [0.05, 0.1) is 12.1 Å². The molecule has 0 heterocycles. The van der Waals surface area contributed by atoms with E-state index in [-0.39, 0.29) is 38.2 Å². The number of primary amides is 1. The van der Waals surface area contributed by atoms with Crippen molar-refractivity contribution < 1.29 is 38.2 Å². The summed E-state index contributed by atoms with van der Waals surface area (Å²) in [5.74, 6) is -2.53. The molecule has 1 aromatic carbocycles. The van der Waals surface area contributed by atoms with Gasteiger partial charge in [-0.2, -0.15) is 0 Å². The van der Waals surface area contributed by atoms with Crippen LogP contribution in [0.2, 0.25) is 0 Å². The molecule has 1 fully saturated rings. The van der Waals surface area contributed by atoms with Gasteiger partial charge in [-0.05, 0) is 52.5 Å². The summed E-state index contributed by atoms with van der Waals surface area (Å²) in [6, 6.07) is 6.71. The van der Waals surface area contributed by atoms with Crippen LogP contribution in [0.1, 0.15) is 71.8 Å². The summed E-state index contributed by atoms with van der Waals surface area (Å²) < 4.78 is 16.3. The van der Waals surface area contributed by atoms with E-state index in [4.69, 9.17) is 19.9 Å². The van der Waals surface area contributed by atoms with E-state index in [1.165, 1.54) is 6.92 Å². The second-order valence-electron chi connectivity index (χ2n) is 10.8. The molecule has 2 rings (SSSR count). The zero-order chi connectivity index (χ0) is 29.7. The Kier molecular flexibility index (Phi) is 12.9. The van der Waals surface area contributed by atoms with Gasteiger partial charge in [-0.1, -0.05) is 43.2 Å². The molecule has 0 radical (unpaired) electrons. The third-order valence-corrected chi connectivity index (χ3v) is 6.14. The Morgan fingerprint density at radius 2 is 1.70 bits per heavy atom. The van der Waals surface area contributed by atoms with Crippen molar-refractivity contribution in [1.29, 1.82) is 0 Å². The van der Waals surface area contributed by atoms with Gasteiger partial charge in [0.15, 0.2) is 0 Å². The highest BCUT2D eigenvalue weighted by atomic mass is 16.6. The molecule has 1 saturated carbocycles. The van der Waals surface area contributed by atoms with Crippen molar-refractivity contribution in [3.8, 4) is 0 Å². The van der Waals surface area contributed by atoms with Gasteiger partial charge in [-0.25, -0.2) is 4.79 Å². The largest absolute Gasteiger partial charge is 0.461 e. The molecule has 4 amide bonds. The molecular formula is C28H42N4O8. The summed E-state index contributed by atoms with van der Waals surface area (Å²) in [7, 11) is 0. The number of hydrogen-bond donors (Lipinski definition) is 4. The number of ether oxygens (including phenoxy) is 3. The molecule has 5 N–H and O–H groups in total. The highest BCUT2D eigenvalue weighted by molar-refractivity contribution is 5.91. The van der Waals surface area contributed by atoms with E-state index in [2.05, 4.69) is 16.0 Å². The molecule has 2 unspecified atom stereocenters. The Morgan fingerprint density at radius 1 is 1.02 bits per heavy atom. The van der Waals surface area contributed by atoms with Crippen LogP contribution in [-0.2, 0) is 40.0 Å². The Morgan fingerprint density at radius 3 is 2.35 bits per heavy atom. The van der Waals surface area contributed by atoms with Gasteiger partial charge < -0.3 is 35.9 Å². The maximum absolute atomic E-state index is 12.6. The number of alkyl carbamates (subject to hydrolysis) is 1. The van der Waals surface area contributed by atoms with Crippen LogP contribution in [0.15, 0.2) is 30.3 Å². The number of rotatable bonds is 13. The van der Waals surface area contributed by atoms with E-state index in [0.29, 0.717) is 12.8 Å². The van der Waals surface area contributed by atoms with E-state index >= 15 is 0 Å². The van der Waals surface area contributed by atoms with Gasteiger partial charge in [0.2, 0.25) is 17.7 Å². The summed E-state index contributed by atoms with van der Waals surface area (Å²) in [5, 5.41) is 7.80. The number of benzene rings is 1. The first-order valence-corrected chi connectivity index (χ1v) is 13.5. The first-order chi connectivity index (χ1) is 18.8. The van der Waals surface area contributed by atoms with Crippen LogP contribution < -0.4 is 21.7 Å². The molecule has 40 heavy (non-hydrogen) atoms. The minimum Gasteiger partial charge on any atom is -0.461 e. The third kappa shape index (κ3) is 12.5. The second kappa shape index (κ2) is 15.8. The summed E-state index contributed by atoms with van der Waals surface area (Å²) >= 11 is 0. The molecule has 12 nitrogen and oxygen atoms in total. The lowest BCUT2D eigenvalue weighted by molar-refractivity contribution is -0.145. The Balaban J connectivity index is 1.76. The highest BCUT2D eigenvalue weighted by Crippen LogP contribution is 2.22. The molecule has 12 heteroatoms. The average molecular weight is 563 g/mol. The Bertz CT molecular complexity index is 1010. The third-order valence-electron chi connectivity index (χ3n) is 6.14. The van der Waals surface area contributed by atoms with Crippen LogP contribution in [-0.4, -0.2) is 66.2 Å². The zero-order valence-electron chi connectivity index (χ0n) is 23.7. The Labute approximate surface area is 235 Å². The van der Waals surface area contributed by atoms with Crippen LogP contribution in [0.3, 0.4) is 0 Å². The number of amides is 4. The van der Waals surface area contributed by atoms with Crippen LogP contribution in [0.5, 0.6) is 0 Å². The van der Waals surface area contributed by atoms with Gasteiger partial charge in [-0.3, -0.25) is 19.2 Å². The van der Waals surface area contributed by atoms with Crippen molar-refractivity contribution in [2.75, 3.05) is 6.61 Å². The summed E-state index contributed by atoms with van der Waals surface area (Å²) in [5.41, 5.74) is 5.58. The molecule has 0 aliphatic heterocycles. The van der Waals surface area contributed by atoms with E-state index in [0.717, 1.165) is 18.4 Å². The number of esters is 1. The monoisotopic (exact) mass is 562 g/mol. The number of carbonyl (C=O) groups excluding carboxylic acids is 5. The minimum absolute atomic E-state index is 0.0494. The number of carbonyl (C=O) groups is 5. The van der Waals surface area contributed by atoms with E-state index < -0.39 is 47.5 Å².